The molecule has 0 spiro atoms. The molecule has 0 unspecified atom stereocenters. The van der Waals surface area contributed by atoms with E-state index >= 15 is 0 Å². The van der Waals surface area contributed by atoms with E-state index in [9.17, 15) is 4.79 Å². The summed E-state index contributed by atoms with van der Waals surface area (Å²) in [4.78, 5) is 27.9. The normalized spacial score (nSPS) is 22.0. The summed E-state index contributed by atoms with van der Waals surface area (Å²) in [5.74, 6) is 1.69. The highest BCUT2D eigenvalue weighted by Gasteiger charge is 2.36. The van der Waals surface area contributed by atoms with Crippen LogP contribution in [0.25, 0.3) is 11.0 Å². The number of aromatic nitrogens is 3. The Kier molecular flexibility index (Phi) is 3.28. The fraction of sp³-hybridized carbons (Fsp3) is 0.529. The second-order valence-corrected chi connectivity index (χ2v) is 6.43. The molecule has 2 aromatic rings. The Hall–Kier alpha value is -2.04. The van der Waals surface area contributed by atoms with E-state index in [4.69, 9.17) is 4.98 Å². The molecule has 0 bridgehead atoms. The van der Waals surface area contributed by atoms with Crippen LogP contribution >= 0.6 is 0 Å². The van der Waals surface area contributed by atoms with Gasteiger partial charge in [-0.2, -0.15) is 0 Å². The van der Waals surface area contributed by atoms with Gasteiger partial charge >= 0.3 is 0 Å². The molecular weight excluding hydrogens is 276 g/mol. The van der Waals surface area contributed by atoms with Crippen molar-refractivity contribution in [2.24, 2.45) is 5.92 Å². The minimum atomic E-state index is 0.296. The van der Waals surface area contributed by atoms with Crippen LogP contribution in [0.2, 0.25) is 0 Å². The number of carbonyl (C=O) groups is 1. The van der Waals surface area contributed by atoms with Crippen molar-refractivity contribution in [2.75, 3.05) is 13.1 Å². The van der Waals surface area contributed by atoms with E-state index in [0.29, 0.717) is 17.7 Å². The van der Waals surface area contributed by atoms with Crippen molar-refractivity contribution >= 4 is 16.9 Å². The van der Waals surface area contributed by atoms with Crippen molar-refractivity contribution in [3.63, 3.8) is 0 Å². The van der Waals surface area contributed by atoms with Gasteiger partial charge in [0.1, 0.15) is 5.82 Å². The zero-order valence-corrected chi connectivity index (χ0v) is 12.8. The third-order valence-corrected chi connectivity index (χ3v) is 4.66. The summed E-state index contributed by atoms with van der Waals surface area (Å²) >= 11 is 0. The number of pyridine rings is 1. The third-order valence-electron chi connectivity index (χ3n) is 4.66. The molecule has 0 N–H and O–H groups in total. The van der Waals surface area contributed by atoms with Crippen LogP contribution in [0.1, 0.15) is 43.1 Å². The molecule has 114 valence electrons. The molecule has 1 saturated carbocycles. The maximum atomic E-state index is 12.3. The van der Waals surface area contributed by atoms with Crippen molar-refractivity contribution in [3.05, 3.63) is 29.8 Å². The number of carbonyl (C=O) groups excluding carboxylic acids is 1. The number of piperidine rings is 1. The van der Waals surface area contributed by atoms with Gasteiger partial charge in [-0.25, -0.2) is 15.0 Å². The summed E-state index contributed by atoms with van der Waals surface area (Å²) in [6.07, 6.45) is 6.03. The molecule has 2 aromatic heterocycles. The molecule has 0 radical (unpaired) electrons. The molecule has 5 nitrogen and oxygen atoms in total. The SMILES string of the molecule is Cc1nc([C@H]2CCCN(C(=O)C3CC3)C2)c2cccnc2n1. The van der Waals surface area contributed by atoms with Gasteiger partial charge in [0.2, 0.25) is 5.91 Å². The average Bonchev–Trinajstić information content (AvgIpc) is 3.38. The monoisotopic (exact) mass is 296 g/mol. The number of hydrogen-bond donors (Lipinski definition) is 0. The number of amides is 1. The van der Waals surface area contributed by atoms with Crippen LogP contribution in [0, 0.1) is 12.8 Å². The number of fused-ring (bicyclic) bond motifs is 1. The van der Waals surface area contributed by atoms with E-state index in [0.717, 1.165) is 61.3 Å². The van der Waals surface area contributed by atoms with Crippen molar-refractivity contribution in [2.45, 2.75) is 38.5 Å². The lowest BCUT2D eigenvalue weighted by Crippen LogP contribution is -2.40. The number of rotatable bonds is 2. The Morgan fingerprint density at radius 2 is 2.14 bits per heavy atom. The molecule has 1 saturated heterocycles. The number of likely N-dealkylation sites (tertiary alicyclic amines) is 1. The minimum Gasteiger partial charge on any atom is -0.342 e. The van der Waals surface area contributed by atoms with Crippen LogP contribution in [0.15, 0.2) is 18.3 Å². The maximum Gasteiger partial charge on any atom is 0.225 e. The minimum absolute atomic E-state index is 0.296. The van der Waals surface area contributed by atoms with Gasteiger partial charge in [0.05, 0.1) is 5.69 Å². The lowest BCUT2D eigenvalue weighted by atomic mass is 9.92. The van der Waals surface area contributed by atoms with Crippen LogP contribution in [0.4, 0.5) is 0 Å². The largest absolute Gasteiger partial charge is 0.342 e. The summed E-state index contributed by atoms with van der Waals surface area (Å²) in [6, 6.07) is 3.97. The Morgan fingerprint density at radius 3 is 2.95 bits per heavy atom. The highest BCUT2D eigenvalue weighted by molar-refractivity contribution is 5.81. The van der Waals surface area contributed by atoms with Crippen LogP contribution in [-0.4, -0.2) is 38.8 Å². The van der Waals surface area contributed by atoms with Crippen molar-refractivity contribution in [1.82, 2.24) is 19.9 Å². The molecule has 0 aromatic carbocycles. The third kappa shape index (κ3) is 2.45. The second kappa shape index (κ2) is 5.30. The van der Waals surface area contributed by atoms with Gasteiger partial charge in [0.15, 0.2) is 5.65 Å². The first-order valence-corrected chi connectivity index (χ1v) is 8.10. The van der Waals surface area contributed by atoms with E-state index in [1.165, 1.54) is 0 Å². The Morgan fingerprint density at radius 1 is 1.27 bits per heavy atom. The summed E-state index contributed by atoms with van der Waals surface area (Å²) in [7, 11) is 0. The van der Waals surface area contributed by atoms with E-state index in [2.05, 4.69) is 9.97 Å². The van der Waals surface area contributed by atoms with E-state index < -0.39 is 0 Å². The van der Waals surface area contributed by atoms with Crippen molar-refractivity contribution in [3.8, 4) is 0 Å². The topological polar surface area (TPSA) is 59.0 Å². The molecule has 3 heterocycles. The van der Waals surface area contributed by atoms with Crippen molar-refractivity contribution < 1.29 is 4.79 Å². The predicted molar refractivity (Wildman–Crippen MR) is 83.3 cm³/mol. The lowest BCUT2D eigenvalue weighted by molar-refractivity contribution is -0.133. The smallest absolute Gasteiger partial charge is 0.225 e. The summed E-state index contributed by atoms with van der Waals surface area (Å²) in [5, 5.41) is 1.03. The first kappa shape index (κ1) is 13.6. The van der Waals surface area contributed by atoms with Gasteiger partial charge in [0.25, 0.3) is 0 Å². The highest BCUT2D eigenvalue weighted by Crippen LogP contribution is 2.35. The Balaban J connectivity index is 1.67. The quantitative estimate of drug-likeness (QED) is 0.854. The zero-order chi connectivity index (χ0) is 15.1. The molecule has 4 rings (SSSR count). The molecule has 5 heteroatoms. The molecule has 2 fully saturated rings. The van der Waals surface area contributed by atoms with Crippen LogP contribution < -0.4 is 0 Å². The lowest BCUT2D eigenvalue weighted by Gasteiger charge is -2.33. The molecule has 1 aliphatic heterocycles. The number of aryl methyl sites for hydroxylation is 1. The van der Waals surface area contributed by atoms with Gasteiger partial charge in [-0.3, -0.25) is 4.79 Å². The van der Waals surface area contributed by atoms with Gasteiger partial charge in [-0.1, -0.05) is 0 Å². The summed E-state index contributed by atoms with van der Waals surface area (Å²) < 4.78 is 0. The molecule has 1 amide bonds. The molecule has 1 aliphatic carbocycles. The molecule has 1 atom stereocenters. The summed E-state index contributed by atoms with van der Waals surface area (Å²) in [5.41, 5.74) is 1.82. The zero-order valence-electron chi connectivity index (χ0n) is 12.8. The average molecular weight is 296 g/mol. The van der Waals surface area contributed by atoms with E-state index in [1.807, 2.05) is 24.0 Å². The first-order valence-electron chi connectivity index (χ1n) is 8.10. The Bertz CT molecular complexity index is 726. The van der Waals surface area contributed by atoms with Gasteiger partial charge in [0, 0.05) is 36.5 Å². The molecule has 22 heavy (non-hydrogen) atoms. The van der Waals surface area contributed by atoms with E-state index in [1.54, 1.807) is 6.20 Å². The predicted octanol–water partition coefficient (Wildman–Crippen LogP) is 2.45. The second-order valence-electron chi connectivity index (χ2n) is 6.43. The fourth-order valence-corrected chi connectivity index (χ4v) is 3.40. The molecule has 2 aliphatic rings. The Labute approximate surface area is 129 Å². The van der Waals surface area contributed by atoms with E-state index in [-0.39, 0.29) is 0 Å². The first-order chi connectivity index (χ1) is 10.7. The van der Waals surface area contributed by atoms with Crippen LogP contribution in [0.3, 0.4) is 0 Å². The summed E-state index contributed by atoms with van der Waals surface area (Å²) in [6.45, 7) is 3.59. The highest BCUT2D eigenvalue weighted by atomic mass is 16.2. The maximum absolute atomic E-state index is 12.3. The van der Waals surface area contributed by atoms with Crippen LogP contribution in [0.5, 0.6) is 0 Å². The molecular formula is C17H20N4O. The van der Waals surface area contributed by atoms with Gasteiger partial charge in [-0.05, 0) is 44.7 Å². The van der Waals surface area contributed by atoms with Crippen LogP contribution in [-0.2, 0) is 4.79 Å². The number of nitrogens with zero attached hydrogens (tertiary/aromatic N) is 4. The fourth-order valence-electron chi connectivity index (χ4n) is 3.40. The standard InChI is InChI=1S/C17H20N4O/c1-11-19-15(14-5-2-8-18-16(14)20-11)13-4-3-9-21(10-13)17(22)12-6-7-12/h2,5,8,12-13H,3-4,6-7,9-10H2,1H3/t13-/m0/s1. The number of hydrogen-bond acceptors (Lipinski definition) is 4. The van der Waals surface area contributed by atoms with Gasteiger partial charge < -0.3 is 4.90 Å². The van der Waals surface area contributed by atoms with Crippen molar-refractivity contribution in [1.29, 1.82) is 0 Å². The van der Waals surface area contributed by atoms with Gasteiger partial charge in [-0.15, -0.1) is 0 Å².